The number of hydrogen-bond acceptors (Lipinski definition) is 1. The third-order valence-corrected chi connectivity index (χ3v) is 1.01. The summed E-state index contributed by atoms with van der Waals surface area (Å²) >= 11 is 0. The molecule has 0 saturated carbocycles. The Hall–Kier alpha value is -0.460. The van der Waals surface area contributed by atoms with Gasteiger partial charge in [-0.05, 0) is 24.8 Å². The largest absolute Gasteiger partial charge is 0.513 e. The first kappa shape index (κ1) is 8.54. The van der Waals surface area contributed by atoms with Crippen LogP contribution in [0, 0.1) is 5.41 Å². The van der Waals surface area contributed by atoms with Crippen LogP contribution in [0.4, 0.5) is 0 Å². The van der Waals surface area contributed by atoms with Crippen molar-refractivity contribution in [1.29, 1.82) is 0 Å². The monoisotopic (exact) mass is 128 g/mol. The standard InChI is InChI=1S/C8H16O/c1-7(9)5-6-8(2,3)4/h5,9H,6H2,1-4H3. The lowest BCUT2D eigenvalue weighted by atomic mass is 9.92. The van der Waals surface area contributed by atoms with Crippen molar-refractivity contribution in [3.05, 3.63) is 11.8 Å². The minimum atomic E-state index is 0.296. The summed E-state index contributed by atoms with van der Waals surface area (Å²) in [5.74, 6) is 0.421. The van der Waals surface area contributed by atoms with Gasteiger partial charge in [-0.25, -0.2) is 0 Å². The molecule has 1 heteroatoms. The molecule has 0 aromatic carbocycles. The average molecular weight is 128 g/mol. The third-order valence-electron chi connectivity index (χ3n) is 1.01. The zero-order valence-corrected chi connectivity index (χ0v) is 6.73. The first-order chi connectivity index (χ1) is 3.92. The first-order valence-corrected chi connectivity index (χ1v) is 3.27. The Labute approximate surface area is 57.4 Å². The number of hydrogen-bond donors (Lipinski definition) is 1. The number of allylic oxidation sites excluding steroid dienone is 2. The molecule has 0 aromatic rings. The van der Waals surface area contributed by atoms with E-state index in [1.807, 2.05) is 6.08 Å². The Kier molecular flexibility index (Phi) is 2.75. The van der Waals surface area contributed by atoms with E-state index in [0.29, 0.717) is 11.2 Å². The van der Waals surface area contributed by atoms with E-state index in [-0.39, 0.29) is 0 Å². The van der Waals surface area contributed by atoms with E-state index in [1.165, 1.54) is 0 Å². The van der Waals surface area contributed by atoms with E-state index in [2.05, 4.69) is 20.8 Å². The highest BCUT2D eigenvalue weighted by Crippen LogP contribution is 2.19. The van der Waals surface area contributed by atoms with E-state index < -0.39 is 0 Å². The van der Waals surface area contributed by atoms with Gasteiger partial charge in [0.1, 0.15) is 0 Å². The molecular formula is C8H16O. The Morgan fingerprint density at radius 2 is 1.89 bits per heavy atom. The molecule has 0 aliphatic rings. The van der Waals surface area contributed by atoms with Crippen LogP contribution in [0.2, 0.25) is 0 Å². The molecule has 0 atom stereocenters. The summed E-state index contributed by atoms with van der Waals surface area (Å²) in [6.45, 7) is 8.14. The van der Waals surface area contributed by atoms with Gasteiger partial charge >= 0.3 is 0 Å². The third kappa shape index (κ3) is 7.54. The summed E-state index contributed by atoms with van der Waals surface area (Å²) < 4.78 is 0. The summed E-state index contributed by atoms with van der Waals surface area (Å²) in [5, 5.41) is 8.78. The van der Waals surface area contributed by atoms with Crippen molar-refractivity contribution in [3.63, 3.8) is 0 Å². The summed E-state index contributed by atoms with van der Waals surface area (Å²) in [6, 6.07) is 0. The highest BCUT2D eigenvalue weighted by molar-refractivity contribution is 4.88. The fourth-order valence-corrected chi connectivity index (χ4v) is 0.454. The molecule has 0 amide bonds. The summed E-state index contributed by atoms with van der Waals surface area (Å²) in [5.41, 5.74) is 0.296. The normalized spacial score (nSPS) is 14.0. The van der Waals surface area contributed by atoms with Crippen molar-refractivity contribution in [2.45, 2.75) is 34.1 Å². The van der Waals surface area contributed by atoms with Gasteiger partial charge in [-0.3, -0.25) is 0 Å². The molecule has 0 aliphatic heterocycles. The van der Waals surface area contributed by atoms with Gasteiger partial charge in [-0.15, -0.1) is 0 Å². The number of rotatable bonds is 1. The number of aliphatic hydroxyl groups excluding tert-OH is 1. The SMILES string of the molecule is CC(O)=CCC(C)(C)C. The molecule has 0 saturated heterocycles. The summed E-state index contributed by atoms with van der Waals surface area (Å²) in [4.78, 5) is 0. The van der Waals surface area contributed by atoms with Crippen molar-refractivity contribution in [1.82, 2.24) is 0 Å². The zero-order valence-electron chi connectivity index (χ0n) is 6.73. The maximum Gasteiger partial charge on any atom is 0.0852 e. The fourth-order valence-electron chi connectivity index (χ4n) is 0.454. The van der Waals surface area contributed by atoms with Gasteiger partial charge in [0.2, 0.25) is 0 Å². The van der Waals surface area contributed by atoms with Crippen LogP contribution < -0.4 is 0 Å². The molecule has 0 bridgehead atoms. The van der Waals surface area contributed by atoms with Crippen molar-refractivity contribution in [2.24, 2.45) is 5.41 Å². The van der Waals surface area contributed by atoms with Gasteiger partial charge < -0.3 is 5.11 Å². The van der Waals surface area contributed by atoms with Gasteiger partial charge in [0, 0.05) is 0 Å². The number of aliphatic hydroxyl groups is 1. The van der Waals surface area contributed by atoms with E-state index >= 15 is 0 Å². The Bertz CT molecular complexity index is 102. The van der Waals surface area contributed by atoms with Crippen LogP contribution in [0.3, 0.4) is 0 Å². The van der Waals surface area contributed by atoms with Gasteiger partial charge in [-0.1, -0.05) is 20.8 Å². The lowest BCUT2D eigenvalue weighted by Gasteiger charge is -2.14. The first-order valence-electron chi connectivity index (χ1n) is 3.27. The van der Waals surface area contributed by atoms with E-state index in [4.69, 9.17) is 5.11 Å². The summed E-state index contributed by atoms with van der Waals surface area (Å²) in [6.07, 6.45) is 2.79. The Morgan fingerprint density at radius 3 is 2.00 bits per heavy atom. The van der Waals surface area contributed by atoms with E-state index in [9.17, 15) is 0 Å². The molecule has 0 unspecified atom stereocenters. The topological polar surface area (TPSA) is 20.2 Å². The smallest absolute Gasteiger partial charge is 0.0852 e. The average Bonchev–Trinajstić information content (AvgIpc) is 1.59. The molecule has 0 spiro atoms. The maximum atomic E-state index is 8.78. The van der Waals surface area contributed by atoms with E-state index in [0.717, 1.165) is 6.42 Å². The molecule has 1 N–H and O–H groups in total. The van der Waals surface area contributed by atoms with Gasteiger partial charge in [0.15, 0.2) is 0 Å². The van der Waals surface area contributed by atoms with Crippen molar-refractivity contribution in [3.8, 4) is 0 Å². The lowest BCUT2D eigenvalue weighted by molar-refractivity contribution is 0.384. The molecular weight excluding hydrogens is 112 g/mol. The van der Waals surface area contributed by atoms with Crippen LogP contribution >= 0.6 is 0 Å². The minimum Gasteiger partial charge on any atom is -0.513 e. The molecule has 0 aliphatic carbocycles. The molecule has 54 valence electrons. The predicted molar refractivity (Wildman–Crippen MR) is 40.5 cm³/mol. The molecule has 0 heterocycles. The van der Waals surface area contributed by atoms with Crippen molar-refractivity contribution in [2.75, 3.05) is 0 Å². The van der Waals surface area contributed by atoms with Gasteiger partial charge in [0.05, 0.1) is 5.76 Å². The quantitative estimate of drug-likeness (QED) is 0.538. The Balaban J connectivity index is 3.64. The lowest BCUT2D eigenvalue weighted by Crippen LogP contribution is -2.02. The van der Waals surface area contributed by atoms with Crippen LogP contribution in [-0.2, 0) is 0 Å². The molecule has 0 aromatic heterocycles. The van der Waals surface area contributed by atoms with Crippen molar-refractivity contribution >= 4 is 0 Å². The molecule has 9 heavy (non-hydrogen) atoms. The van der Waals surface area contributed by atoms with Crippen LogP contribution in [0.15, 0.2) is 11.8 Å². The van der Waals surface area contributed by atoms with Crippen LogP contribution in [0.1, 0.15) is 34.1 Å². The van der Waals surface area contributed by atoms with E-state index in [1.54, 1.807) is 6.92 Å². The molecule has 1 nitrogen and oxygen atoms in total. The summed E-state index contributed by atoms with van der Waals surface area (Å²) in [7, 11) is 0. The predicted octanol–water partition coefficient (Wildman–Crippen LogP) is 2.88. The Morgan fingerprint density at radius 1 is 1.44 bits per heavy atom. The fraction of sp³-hybridized carbons (Fsp3) is 0.750. The highest BCUT2D eigenvalue weighted by atomic mass is 16.3. The van der Waals surface area contributed by atoms with Crippen molar-refractivity contribution < 1.29 is 5.11 Å². The second-order valence-corrected chi connectivity index (χ2v) is 3.61. The second-order valence-electron chi connectivity index (χ2n) is 3.61. The minimum absolute atomic E-state index is 0.296. The van der Waals surface area contributed by atoms with Crippen LogP contribution in [-0.4, -0.2) is 5.11 Å². The van der Waals surface area contributed by atoms with Gasteiger partial charge in [-0.2, -0.15) is 0 Å². The molecule has 0 radical (unpaired) electrons. The highest BCUT2D eigenvalue weighted by Gasteiger charge is 2.06. The zero-order chi connectivity index (χ0) is 7.49. The van der Waals surface area contributed by atoms with Gasteiger partial charge in [0.25, 0.3) is 0 Å². The maximum absolute atomic E-state index is 8.78. The second kappa shape index (κ2) is 2.90. The molecule has 0 rings (SSSR count). The van der Waals surface area contributed by atoms with Crippen LogP contribution in [0.25, 0.3) is 0 Å². The molecule has 0 fully saturated rings. The van der Waals surface area contributed by atoms with Crippen LogP contribution in [0.5, 0.6) is 0 Å².